The number of nitrogens with zero attached hydrogens (tertiary/aromatic N) is 5. The number of thioether (sulfide) groups is 1. The Morgan fingerprint density at radius 3 is 2.66 bits per heavy atom. The number of carbonyl (C=O) groups is 2. The normalized spacial score (nSPS) is 14.3. The molecular formula is C27H23N5O2S. The minimum Gasteiger partial charge on any atom is -0.335 e. The number of amides is 1. The first-order valence-electron chi connectivity index (χ1n) is 11.7. The van der Waals surface area contributed by atoms with E-state index in [9.17, 15) is 9.59 Å². The van der Waals surface area contributed by atoms with Crippen LogP contribution in [0.25, 0.3) is 16.9 Å². The number of pyridine rings is 1. The molecule has 0 radical (unpaired) electrons. The highest BCUT2D eigenvalue weighted by Crippen LogP contribution is 2.37. The number of aromatic nitrogens is 4. The van der Waals surface area contributed by atoms with Crippen LogP contribution in [-0.4, -0.2) is 48.6 Å². The molecule has 8 heteroatoms. The van der Waals surface area contributed by atoms with Gasteiger partial charge in [-0.05, 0) is 53.3 Å². The van der Waals surface area contributed by atoms with E-state index >= 15 is 0 Å². The molecule has 2 aromatic heterocycles. The fourth-order valence-electron chi connectivity index (χ4n) is 4.76. The van der Waals surface area contributed by atoms with Gasteiger partial charge in [0.1, 0.15) is 5.82 Å². The highest BCUT2D eigenvalue weighted by atomic mass is 32.2. The average Bonchev–Trinajstić information content (AvgIpc) is 3.59. The Kier molecular flexibility index (Phi) is 5.66. The molecule has 3 heterocycles. The van der Waals surface area contributed by atoms with Gasteiger partial charge in [-0.25, -0.2) is 4.98 Å². The summed E-state index contributed by atoms with van der Waals surface area (Å²) in [5.74, 6) is 1.71. The SMILES string of the molecule is O=C(CSc1nnc(CN2CCCC2=O)n1-c1ccccn1)c1ccc2c(c1)-c1ccccc1C2. The molecule has 0 N–H and O–H groups in total. The van der Waals surface area contributed by atoms with Gasteiger partial charge in [-0.2, -0.15) is 0 Å². The smallest absolute Gasteiger partial charge is 0.223 e. The second kappa shape index (κ2) is 9.11. The highest BCUT2D eigenvalue weighted by molar-refractivity contribution is 7.99. The van der Waals surface area contributed by atoms with E-state index in [1.807, 2.05) is 41.0 Å². The van der Waals surface area contributed by atoms with Crippen molar-refractivity contribution in [1.29, 1.82) is 0 Å². The Balaban J connectivity index is 1.24. The molecule has 1 aliphatic carbocycles. The monoisotopic (exact) mass is 481 g/mol. The third kappa shape index (κ3) is 4.14. The topological polar surface area (TPSA) is 81.0 Å². The summed E-state index contributed by atoms with van der Waals surface area (Å²) in [6.07, 6.45) is 4.04. The molecule has 0 atom stereocenters. The molecule has 174 valence electrons. The number of likely N-dealkylation sites (tertiary alicyclic amines) is 1. The maximum absolute atomic E-state index is 13.2. The fraction of sp³-hybridized carbons (Fsp3) is 0.222. The molecule has 35 heavy (non-hydrogen) atoms. The Bertz CT molecular complexity index is 1430. The van der Waals surface area contributed by atoms with Crippen molar-refractivity contribution >= 4 is 23.5 Å². The van der Waals surface area contributed by atoms with Crippen LogP contribution in [0, 0.1) is 0 Å². The van der Waals surface area contributed by atoms with Crippen molar-refractivity contribution in [3.8, 4) is 16.9 Å². The Hall–Kier alpha value is -3.78. The second-order valence-corrected chi connectivity index (χ2v) is 9.70. The van der Waals surface area contributed by atoms with Crippen molar-refractivity contribution in [3.05, 3.63) is 89.4 Å². The molecule has 1 fully saturated rings. The number of benzene rings is 2. The quantitative estimate of drug-likeness (QED) is 0.254. The predicted molar refractivity (Wildman–Crippen MR) is 134 cm³/mol. The summed E-state index contributed by atoms with van der Waals surface area (Å²) in [7, 11) is 0. The molecule has 2 aromatic carbocycles. The number of hydrogen-bond donors (Lipinski definition) is 0. The zero-order chi connectivity index (χ0) is 23.8. The predicted octanol–water partition coefficient (Wildman–Crippen LogP) is 4.33. The van der Waals surface area contributed by atoms with Gasteiger partial charge in [0.15, 0.2) is 16.8 Å². The maximum atomic E-state index is 13.2. The van der Waals surface area contributed by atoms with E-state index < -0.39 is 0 Å². The number of carbonyl (C=O) groups excluding carboxylic acids is 2. The summed E-state index contributed by atoms with van der Waals surface area (Å²) in [5.41, 5.74) is 5.60. The van der Waals surface area contributed by atoms with Crippen LogP contribution in [0.15, 0.2) is 72.0 Å². The molecule has 1 aliphatic heterocycles. The standard InChI is InChI=1S/C27H23N5O2S/c33-23(20-11-10-19-14-18-6-1-2-7-21(18)22(19)15-20)17-35-27-30-29-25(16-31-13-5-9-26(31)34)32(27)24-8-3-4-12-28-24/h1-4,6-8,10-12,15H,5,9,13-14,16-17H2. The zero-order valence-electron chi connectivity index (χ0n) is 19.1. The molecule has 6 rings (SSSR count). The average molecular weight is 482 g/mol. The van der Waals surface area contributed by atoms with Crippen LogP contribution in [0.5, 0.6) is 0 Å². The fourth-order valence-corrected chi connectivity index (χ4v) is 5.62. The largest absolute Gasteiger partial charge is 0.335 e. The minimum atomic E-state index is 0.0361. The van der Waals surface area contributed by atoms with Gasteiger partial charge in [-0.15, -0.1) is 10.2 Å². The number of hydrogen-bond acceptors (Lipinski definition) is 6. The first kappa shape index (κ1) is 21.7. The van der Waals surface area contributed by atoms with Crippen molar-refractivity contribution in [2.75, 3.05) is 12.3 Å². The molecule has 1 saturated heterocycles. The molecule has 0 spiro atoms. The Morgan fingerprint density at radius 1 is 0.971 bits per heavy atom. The summed E-state index contributed by atoms with van der Waals surface area (Å²) in [6.45, 7) is 1.09. The van der Waals surface area contributed by atoms with Crippen LogP contribution in [0.3, 0.4) is 0 Å². The van der Waals surface area contributed by atoms with E-state index in [0.29, 0.717) is 35.3 Å². The molecule has 0 unspecified atom stereocenters. The van der Waals surface area contributed by atoms with E-state index in [0.717, 1.165) is 24.9 Å². The summed E-state index contributed by atoms with van der Waals surface area (Å²) in [6, 6.07) is 20.0. The molecule has 0 saturated carbocycles. The van der Waals surface area contributed by atoms with Gasteiger partial charge in [-0.3, -0.25) is 14.2 Å². The zero-order valence-corrected chi connectivity index (χ0v) is 19.9. The number of Topliss-reactive ketones (excluding diaryl/α,β-unsaturated/α-hetero) is 1. The van der Waals surface area contributed by atoms with Crippen LogP contribution < -0.4 is 0 Å². The van der Waals surface area contributed by atoms with Crippen LogP contribution >= 0.6 is 11.8 Å². The number of fused-ring (bicyclic) bond motifs is 3. The van der Waals surface area contributed by atoms with E-state index in [2.05, 4.69) is 39.4 Å². The molecule has 1 amide bonds. The molecule has 4 aromatic rings. The van der Waals surface area contributed by atoms with Crippen molar-refractivity contribution in [2.24, 2.45) is 0 Å². The Morgan fingerprint density at radius 2 is 1.83 bits per heavy atom. The number of ketones is 1. The minimum absolute atomic E-state index is 0.0361. The first-order chi connectivity index (χ1) is 17.2. The van der Waals surface area contributed by atoms with Gasteiger partial charge in [-0.1, -0.05) is 54.2 Å². The number of rotatable bonds is 7. The van der Waals surface area contributed by atoms with Gasteiger partial charge in [0, 0.05) is 24.7 Å². The van der Waals surface area contributed by atoms with Crippen molar-refractivity contribution in [2.45, 2.75) is 31.0 Å². The lowest BCUT2D eigenvalue weighted by Gasteiger charge is -2.16. The molecule has 7 nitrogen and oxygen atoms in total. The molecule has 2 aliphatic rings. The second-order valence-electron chi connectivity index (χ2n) is 8.76. The van der Waals surface area contributed by atoms with Crippen LogP contribution in [0.4, 0.5) is 0 Å². The third-order valence-corrected chi connectivity index (χ3v) is 7.46. The lowest BCUT2D eigenvalue weighted by Crippen LogP contribution is -2.25. The van der Waals surface area contributed by atoms with Crippen LogP contribution in [0.2, 0.25) is 0 Å². The highest BCUT2D eigenvalue weighted by Gasteiger charge is 2.25. The van der Waals surface area contributed by atoms with E-state index in [4.69, 9.17) is 0 Å². The lowest BCUT2D eigenvalue weighted by molar-refractivity contribution is -0.128. The van der Waals surface area contributed by atoms with Crippen LogP contribution in [0.1, 0.15) is 40.2 Å². The van der Waals surface area contributed by atoms with E-state index in [1.165, 1.54) is 28.5 Å². The third-order valence-electron chi connectivity index (χ3n) is 6.54. The van der Waals surface area contributed by atoms with E-state index in [-0.39, 0.29) is 17.4 Å². The van der Waals surface area contributed by atoms with Gasteiger partial charge < -0.3 is 4.90 Å². The van der Waals surface area contributed by atoms with Gasteiger partial charge in [0.05, 0.1) is 12.3 Å². The van der Waals surface area contributed by atoms with Gasteiger partial charge in [0.2, 0.25) is 5.91 Å². The van der Waals surface area contributed by atoms with Gasteiger partial charge in [0.25, 0.3) is 0 Å². The molecule has 0 bridgehead atoms. The van der Waals surface area contributed by atoms with Crippen molar-refractivity contribution in [3.63, 3.8) is 0 Å². The lowest BCUT2D eigenvalue weighted by atomic mass is 10.0. The molecular weight excluding hydrogens is 458 g/mol. The maximum Gasteiger partial charge on any atom is 0.223 e. The van der Waals surface area contributed by atoms with E-state index in [1.54, 1.807) is 11.1 Å². The first-order valence-corrected chi connectivity index (χ1v) is 12.7. The summed E-state index contributed by atoms with van der Waals surface area (Å²) >= 11 is 1.34. The summed E-state index contributed by atoms with van der Waals surface area (Å²) in [4.78, 5) is 31.6. The summed E-state index contributed by atoms with van der Waals surface area (Å²) < 4.78 is 1.85. The van der Waals surface area contributed by atoms with Crippen LogP contribution in [-0.2, 0) is 17.8 Å². The van der Waals surface area contributed by atoms with Crippen molar-refractivity contribution in [1.82, 2.24) is 24.6 Å². The van der Waals surface area contributed by atoms with Crippen molar-refractivity contribution < 1.29 is 9.59 Å². The summed E-state index contributed by atoms with van der Waals surface area (Å²) in [5, 5.41) is 9.31. The Labute approximate surface area is 207 Å². The van der Waals surface area contributed by atoms with Gasteiger partial charge >= 0.3 is 0 Å².